The fraction of sp³-hybridized carbons (Fsp3) is 0.636. The van der Waals surface area contributed by atoms with Crippen molar-refractivity contribution in [2.75, 3.05) is 85.2 Å². The van der Waals surface area contributed by atoms with E-state index in [1.54, 1.807) is 12.1 Å². The second-order valence-corrected chi connectivity index (χ2v) is 8.91. The zero-order valence-electron chi connectivity index (χ0n) is 18.3. The molecule has 3 amide bonds. The van der Waals surface area contributed by atoms with Gasteiger partial charge in [-0.1, -0.05) is 17.7 Å². The van der Waals surface area contributed by atoms with Crippen LogP contribution in [0, 0.1) is 5.82 Å². The Kier molecular flexibility index (Phi) is 7.83. The molecule has 10 heteroatoms. The summed E-state index contributed by atoms with van der Waals surface area (Å²) in [6.45, 7) is 8.63. The van der Waals surface area contributed by atoms with Crippen LogP contribution >= 0.6 is 11.6 Å². The normalized spacial score (nSPS) is 21.1. The monoisotopic (exact) mass is 467 g/mol. The van der Waals surface area contributed by atoms with E-state index < -0.39 is 0 Å². The Bertz CT molecular complexity index is 787. The third-order valence-electron chi connectivity index (χ3n) is 6.45. The summed E-state index contributed by atoms with van der Waals surface area (Å²) in [7, 11) is 0. The van der Waals surface area contributed by atoms with E-state index in [9.17, 15) is 14.0 Å². The van der Waals surface area contributed by atoms with E-state index in [2.05, 4.69) is 9.80 Å². The molecule has 0 unspecified atom stereocenters. The Morgan fingerprint density at radius 1 is 0.844 bits per heavy atom. The van der Waals surface area contributed by atoms with E-state index in [1.807, 2.05) is 14.7 Å². The van der Waals surface area contributed by atoms with Crippen LogP contribution in [0.1, 0.15) is 5.56 Å². The Morgan fingerprint density at radius 2 is 1.44 bits per heavy atom. The number of rotatable bonds is 4. The molecule has 0 spiro atoms. The zero-order valence-corrected chi connectivity index (χ0v) is 19.1. The summed E-state index contributed by atoms with van der Waals surface area (Å²) in [5.41, 5.74) is 0.512. The van der Waals surface area contributed by atoms with Crippen molar-refractivity contribution in [2.24, 2.45) is 0 Å². The average molecular weight is 468 g/mol. The first kappa shape index (κ1) is 23.2. The number of hydrogen-bond donors (Lipinski definition) is 0. The summed E-state index contributed by atoms with van der Waals surface area (Å²) < 4.78 is 19.4. The molecule has 3 fully saturated rings. The minimum Gasteiger partial charge on any atom is -0.378 e. The summed E-state index contributed by atoms with van der Waals surface area (Å²) >= 11 is 6.14. The quantitative estimate of drug-likeness (QED) is 0.666. The highest BCUT2D eigenvalue weighted by atomic mass is 35.5. The van der Waals surface area contributed by atoms with Crippen molar-refractivity contribution >= 4 is 23.5 Å². The molecular weight excluding hydrogens is 437 g/mol. The summed E-state index contributed by atoms with van der Waals surface area (Å²) in [5, 5.41) is 0.440. The molecule has 8 nitrogen and oxygen atoms in total. The topological polar surface area (TPSA) is 59.6 Å². The van der Waals surface area contributed by atoms with Gasteiger partial charge in [0.2, 0.25) is 5.91 Å². The molecule has 3 saturated heterocycles. The molecule has 4 rings (SSSR count). The molecule has 0 saturated carbocycles. The molecule has 176 valence electrons. The van der Waals surface area contributed by atoms with Crippen LogP contribution in [0.4, 0.5) is 9.18 Å². The third-order valence-corrected chi connectivity index (χ3v) is 6.81. The van der Waals surface area contributed by atoms with Crippen molar-refractivity contribution < 1.29 is 18.7 Å². The van der Waals surface area contributed by atoms with Gasteiger partial charge in [0.05, 0.1) is 19.8 Å². The van der Waals surface area contributed by atoms with Crippen LogP contribution in [0.2, 0.25) is 5.02 Å². The van der Waals surface area contributed by atoms with E-state index in [4.69, 9.17) is 16.3 Å². The molecule has 3 aliphatic rings. The van der Waals surface area contributed by atoms with E-state index >= 15 is 0 Å². The van der Waals surface area contributed by atoms with Crippen molar-refractivity contribution in [1.29, 1.82) is 0 Å². The largest absolute Gasteiger partial charge is 0.378 e. The molecule has 0 aromatic heterocycles. The van der Waals surface area contributed by atoms with Crippen molar-refractivity contribution in [3.63, 3.8) is 0 Å². The lowest BCUT2D eigenvalue weighted by Gasteiger charge is -2.39. The van der Waals surface area contributed by atoms with Gasteiger partial charge in [-0.25, -0.2) is 9.18 Å². The number of benzene rings is 1. The van der Waals surface area contributed by atoms with Crippen LogP contribution < -0.4 is 0 Å². The second-order valence-electron chi connectivity index (χ2n) is 8.50. The number of morpholine rings is 1. The van der Waals surface area contributed by atoms with Crippen LogP contribution in [-0.4, -0.2) is 122 Å². The van der Waals surface area contributed by atoms with Gasteiger partial charge >= 0.3 is 6.03 Å². The molecule has 1 aromatic carbocycles. The number of urea groups is 1. The van der Waals surface area contributed by atoms with Gasteiger partial charge in [0.25, 0.3) is 0 Å². The van der Waals surface area contributed by atoms with Gasteiger partial charge in [0.1, 0.15) is 5.82 Å². The molecule has 0 aliphatic carbocycles. The number of carbonyl (C=O) groups excluding carboxylic acids is 2. The summed E-state index contributed by atoms with van der Waals surface area (Å²) in [6.07, 6.45) is 0. The SMILES string of the molecule is O=C(CN1CCN(C(=O)N2CCOCC2)CC1)N1CCN(Cc2c(F)cccc2Cl)CC1. The predicted octanol–water partition coefficient (Wildman–Crippen LogP) is 1.19. The van der Waals surface area contributed by atoms with Crippen molar-refractivity contribution in [3.8, 4) is 0 Å². The average Bonchev–Trinajstić information content (AvgIpc) is 2.82. The first-order valence-corrected chi connectivity index (χ1v) is 11.7. The van der Waals surface area contributed by atoms with Crippen LogP contribution in [-0.2, 0) is 16.1 Å². The van der Waals surface area contributed by atoms with E-state index in [-0.39, 0.29) is 17.8 Å². The van der Waals surface area contributed by atoms with Gasteiger partial charge < -0.3 is 19.4 Å². The van der Waals surface area contributed by atoms with Crippen molar-refractivity contribution in [1.82, 2.24) is 24.5 Å². The predicted molar refractivity (Wildman–Crippen MR) is 119 cm³/mol. The van der Waals surface area contributed by atoms with Crippen molar-refractivity contribution in [2.45, 2.75) is 6.54 Å². The van der Waals surface area contributed by atoms with E-state index in [0.717, 1.165) is 0 Å². The molecule has 3 heterocycles. The van der Waals surface area contributed by atoms with Crippen LogP contribution in [0.5, 0.6) is 0 Å². The molecule has 3 aliphatic heterocycles. The highest BCUT2D eigenvalue weighted by molar-refractivity contribution is 6.31. The number of halogens is 2. The summed E-state index contributed by atoms with van der Waals surface area (Å²) in [4.78, 5) is 35.2. The Hall–Kier alpha value is -1.94. The fourth-order valence-corrected chi connectivity index (χ4v) is 4.63. The number of nitrogens with zero attached hydrogens (tertiary/aromatic N) is 5. The number of amides is 3. The van der Waals surface area contributed by atoms with Crippen LogP contribution in [0.15, 0.2) is 18.2 Å². The fourth-order valence-electron chi connectivity index (χ4n) is 4.41. The van der Waals surface area contributed by atoms with Gasteiger partial charge in [0, 0.05) is 82.6 Å². The van der Waals surface area contributed by atoms with E-state index in [0.29, 0.717) is 102 Å². The van der Waals surface area contributed by atoms with E-state index in [1.165, 1.54) is 6.07 Å². The maximum Gasteiger partial charge on any atom is 0.320 e. The highest BCUT2D eigenvalue weighted by Crippen LogP contribution is 2.21. The van der Waals surface area contributed by atoms with Gasteiger partial charge in [-0.05, 0) is 12.1 Å². The lowest BCUT2D eigenvalue weighted by molar-refractivity contribution is -0.134. The van der Waals surface area contributed by atoms with Gasteiger partial charge in [0.15, 0.2) is 0 Å². The number of piperazine rings is 2. The van der Waals surface area contributed by atoms with Gasteiger partial charge in [-0.2, -0.15) is 0 Å². The molecular formula is C22H31ClFN5O3. The minimum absolute atomic E-state index is 0.0744. The highest BCUT2D eigenvalue weighted by Gasteiger charge is 2.29. The maximum atomic E-state index is 14.0. The van der Waals surface area contributed by atoms with Gasteiger partial charge in [-0.15, -0.1) is 0 Å². The van der Waals surface area contributed by atoms with Crippen LogP contribution in [0.25, 0.3) is 0 Å². The molecule has 0 bridgehead atoms. The maximum absolute atomic E-state index is 14.0. The Labute approximate surface area is 193 Å². The summed E-state index contributed by atoms with van der Waals surface area (Å²) in [6, 6.07) is 4.81. The number of hydrogen-bond acceptors (Lipinski definition) is 5. The lowest BCUT2D eigenvalue weighted by atomic mass is 10.2. The molecule has 32 heavy (non-hydrogen) atoms. The number of ether oxygens (including phenoxy) is 1. The lowest BCUT2D eigenvalue weighted by Crippen LogP contribution is -2.56. The van der Waals surface area contributed by atoms with Gasteiger partial charge in [-0.3, -0.25) is 14.6 Å². The molecule has 0 N–H and O–H groups in total. The summed E-state index contributed by atoms with van der Waals surface area (Å²) in [5.74, 6) is -0.177. The zero-order chi connectivity index (χ0) is 22.5. The second kappa shape index (κ2) is 10.8. The minimum atomic E-state index is -0.290. The third kappa shape index (κ3) is 5.70. The first-order valence-electron chi connectivity index (χ1n) is 11.3. The van der Waals surface area contributed by atoms with Crippen molar-refractivity contribution in [3.05, 3.63) is 34.6 Å². The van der Waals surface area contributed by atoms with Crippen LogP contribution in [0.3, 0.4) is 0 Å². The smallest absolute Gasteiger partial charge is 0.320 e. The first-order chi connectivity index (χ1) is 15.5. The standard InChI is InChI=1S/C22H31ClFN5O3/c23-19-2-1-3-20(24)18(19)16-25-4-8-27(9-5-25)21(30)17-26-6-10-28(11-7-26)22(31)29-12-14-32-15-13-29/h1-3H,4-17H2. The molecule has 1 aromatic rings. The Balaban J connectivity index is 1.18. The number of carbonyl (C=O) groups is 2. The molecule has 0 radical (unpaired) electrons. The Morgan fingerprint density at radius 3 is 2.09 bits per heavy atom. The molecule has 0 atom stereocenters.